The third-order valence-corrected chi connectivity index (χ3v) is 5.12. The van der Waals surface area contributed by atoms with Crippen LogP contribution in [0.3, 0.4) is 0 Å². The van der Waals surface area contributed by atoms with Gasteiger partial charge in [-0.15, -0.1) is 0 Å². The Hall–Kier alpha value is -1.63. The van der Waals surface area contributed by atoms with Gasteiger partial charge in [0.25, 0.3) is 0 Å². The van der Waals surface area contributed by atoms with Crippen molar-refractivity contribution in [3.63, 3.8) is 0 Å². The minimum Gasteiger partial charge on any atom is -0.469 e. The molecule has 0 aromatic heterocycles. The molecule has 1 aliphatic carbocycles. The van der Waals surface area contributed by atoms with Gasteiger partial charge in [0.2, 0.25) is 11.8 Å². The summed E-state index contributed by atoms with van der Waals surface area (Å²) in [6.45, 7) is 6.22. The molecule has 1 aliphatic heterocycles. The Balaban J connectivity index is 1.66. The Morgan fingerprint density at radius 3 is 2.38 bits per heavy atom. The number of ether oxygens (including phenoxy) is 1. The highest BCUT2D eigenvalue weighted by Crippen LogP contribution is 2.29. The van der Waals surface area contributed by atoms with Gasteiger partial charge in [0.05, 0.1) is 13.0 Å². The third-order valence-electron chi connectivity index (χ3n) is 5.12. The number of rotatable bonds is 5. The van der Waals surface area contributed by atoms with Gasteiger partial charge in [0.15, 0.2) is 0 Å². The predicted octanol–water partition coefficient (Wildman–Crippen LogP) is 0.246. The second-order valence-electron chi connectivity index (χ2n) is 6.72. The van der Waals surface area contributed by atoms with Crippen molar-refractivity contribution in [2.24, 2.45) is 11.8 Å². The molecule has 7 heteroatoms. The molecule has 7 nitrogen and oxygen atoms in total. The number of carbonyl (C=O) groups excluding carboxylic acids is 3. The van der Waals surface area contributed by atoms with Crippen LogP contribution in [0.1, 0.15) is 32.6 Å². The van der Waals surface area contributed by atoms with E-state index in [-0.39, 0.29) is 29.6 Å². The van der Waals surface area contributed by atoms with Crippen molar-refractivity contribution in [3.05, 3.63) is 0 Å². The van der Waals surface area contributed by atoms with Crippen LogP contribution in [0, 0.1) is 11.8 Å². The summed E-state index contributed by atoms with van der Waals surface area (Å²) < 4.78 is 4.80. The van der Waals surface area contributed by atoms with E-state index >= 15 is 0 Å². The molecule has 2 atom stereocenters. The third kappa shape index (κ3) is 5.19. The summed E-state index contributed by atoms with van der Waals surface area (Å²) >= 11 is 0. The summed E-state index contributed by atoms with van der Waals surface area (Å²) in [6.07, 6.45) is 3.15. The zero-order chi connectivity index (χ0) is 17.5. The predicted molar refractivity (Wildman–Crippen MR) is 89.2 cm³/mol. The standard InChI is InChI=1S/C17H29N3O4/c1-13(21)20-10-8-19(9-11-20)7-6-18-16(22)14-4-3-5-15(12-14)17(23)24-2/h14-15H,3-12H2,1-2H3,(H,18,22)/t14-,15-/m0/s1. The van der Waals surface area contributed by atoms with E-state index in [1.807, 2.05) is 4.90 Å². The van der Waals surface area contributed by atoms with Crippen molar-refractivity contribution in [2.75, 3.05) is 46.4 Å². The molecule has 2 amide bonds. The lowest BCUT2D eigenvalue weighted by molar-refractivity contribution is -0.147. The minimum absolute atomic E-state index is 0.0472. The maximum Gasteiger partial charge on any atom is 0.308 e. The van der Waals surface area contributed by atoms with Crippen LogP contribution in [-0.2, 0) is 19.1 Å². The van der Waals surface area contributed by atoms with Crippen LogP contribution in [0.5, 0.6) is 0 Å². The largest absolute Gasteiger partial charge is 0.469 e. The number of carbonyl (C=O) groups is 3. The highest BCUT2D eigenvalue weighted by molar-refractivity contribution is 5.80. The van der Waals surface area contributed by atoms with Gasteiger partial charge in [-0.25, -0.2) is 0 Å². The van der Waals surface area contributed by atoms with E-state index in [1.165, 1.54) is 7.11 Å². The van der Waals surface area contributed by atoms with Gasteiger partial charge in [0.1, 0.15) is 0 Å². The number of piperazine rings is 1. The molecule has 2 fully saturated rings. The van der Waals surface area contributed by atoms with Crippen LogP contribution in [-0.4, -0.2) is 74.0 Å². The SMILES string of the molecule is COC(=O)[C@H]1CCC[C@H](C(=O)NCCN2CCN(C(C)=O)CC2)C1. The second-order valence-corrected chi connectivity index (χ2v) is 6.72. The Morgan fingerprint density at radius 1 is 1.08 bits per heavy atom. The van der Waals surface area contributed by atoms with E-state index in [0.717, 1.165) is 52.0 Å². The summed E-state index contributed by atoms with van der Waals surface area (Å²) in [5.41, 5.74) is 0. The van der Waals surface area contributed by atoms with Crippen molar-refractivity contribution in [3.8, 4) is 0 Å². The molecule has 0 spiro atoms. The van der Waals surface area contributed by atoms with Crippen molar-refractivity contribution >= 4 is 17.8 Å². The molecule has 0 aromatic rings. The van der Waals surface area contributed by atoms with Crippen LogP contribution in [0.25, 0.3) is 0 Å². The summed E-state index contributed by atoms with van der Waals surface area (Å²) in [7, 11) is 1.40. The lowest BCUT2D eigenvalue weighted by Gasteiger charge is -2.34. The smallest absolute Gasteiger partial charge is 0.308 e. The maximum absolute atomic E-state index is 12.3. The number of esters is 1. The fourth-order valence-electron chi connectivity index (χ4n) is 3.58. The number of amides is 2. The monoisotopic (exact) mass is 339 g/mol. The fraction of sp³-hybridized carbons (Fsp3) is 0.824. The van der Waals surface area contributed by atoms with E-state index in [2.05, 4.69) is 10.2 Å². The topological polar surface area (TPSA) is 79.0 Å². The number of methoxy groups -OCH3 is 1. The number of nitrogens with one attached hydrogen (secondary N) is 1. The normalized spacial score (nSPS) is 25.2. The molecule has 136 valence electrons. The van der Waals surface area contributed by atoms with Gasteiger partial charge in [0, 0.05) is 52.1 Å². The van der Waals surface area contributed by atoms with Gasteiger partial charge in [-0.2, -0.15) is 0 Å². The quantitative estimate of drug-likeness (QED) is 0.726. The minimum atomic E-state index is -0.198. The van der Waals surface area contributed by atoms with E-state index in [9.17, 15) is 14.4 Å². The molecule has 1 saturated carbocycles. The summed E-state index contributed by atoms with van der Waals surface area (Å²) in [4.78, 5) is 39.4. The number of nitrogens with zero attached hydrogens (tertiary/aromatic N) is 2. The number of hydrogen-bond donors (Lipinski definition) is 1. The van der Waals surface area contributed by atoms with Gasteiger partial charge < -0.3 is 15.0 Å². The molecule has 1 N–H and O–H groups in total. The first-order valence-corrected chi connectivity index (χ1v) is 8.84. The number of hydrogen-bond acceptors (Lipinski definition) is 5. The Bertz CT molecular complexity index is 461. The summed E-state index contributed by atoms with van der Waals surface area (Å²) in [6, 6.07) is 0. The maximum atomic E-state index is 12.3. The highest BCUT2D eigenvalue weighted by atomic mass is 16.5. The molecule has 1 heterocycles. The highest BCUT2D eigenvalue weighted by Gasteiger charge is 2.31. The van der Waals surface area contributed by atoms with Gasteiger partial charge in [-0.05, 0) is 19.3 Å². The molecule has 24 heavy (non-hydrogen) atoms. The van der Waals surface area contributed by atoms with Crippen molar-refractivity contribution < 1.29 is 19.1 Å². The van der Waals surface area contributed by atoms with Gasteiger partial charge in [-0.3, -0.25) is 19.3 Å². The van der Waals surface area contributed by atoms with E-state index in [4.69, 9.17) is 4.74 Å². The molecular weight excluding hydrogens is 310 g/mol. The van der Waals surface area contributed by atoms with Crippen molar-refractivity contribution in [1.29, 1.82) is 0 Å². The lowest BCUT2D eigenvalue weighted by Crippen LogP contribution is -2.50. The van der Waals surface area contributed by atoms with Crippen molar-refractivity contribution in [1.82, 2.24) is 15.1 Å². The molecule has 0 aromatic carbocycles. The zero-order valence-corrected chi connectivity index (χ0v) is 14.8. The van der Waals surface area contributed by atoms with Crippen LogP contribution >= 0.6 is 0 Å². The molecule has 2 rings (SSSR count). The van der Waals surface area contributed by atoms with Gasteiger partial charge >= 0.3 is 5.97 Å². The van der Waals surface area contributed by atoms with Gasteiger partial charge in [-0.1, -0.05) is 6.42 Å². The summed E-state index contributed by atoms with van der Waals surface area (Å²) in [5, 5.41) is 3.00. The van der Waals surface area contributed by atoms with Crippen LogP contribution in [0.4, 0.5) is 0 Å². The van der Waals surface area contributed by atoms with E-state index < -0.39 is 0 Å². The second kappa shape index (κ2) is 9.01. The molecule has 0 radical (unpaired) electrons. The lowest BCUT2D eigenvalue weighted by atomic mass is 9.81. The first kappa shape index (κ1) is 18.7. The summed E-state index contributed by atoms with van der Waals surface area (Å²) in [5.74, 6) is -0.251. The van der Waals surface area contributed by atoms with Crippen molar-refractivity contribution in [2.45, 2.75) is 32.6 Å². The van der Waals surface area contributed by atoms with Crippen LogP contribution in [0.15, 0.2) is 0 Å². The molecule has 0 unspecified atom stereocenters. The Labute approximate surface area is 143 Å². The Morgan fingerprint density at radius 2 is 1.75 bits per heavy atom. The fourth-order valence-corrected chi connectivity index (χ4v) is 3.58. The molecule has 2 aliphatic rings. The molecule has 0 bridgehead atoms. The van der Waals surface area contributed by atoms with Crippen LogP contribution in [0.2, 0.25) is 0 Å². The first-order chi connectivity index (χ1) is 11.5. The average Bonchev–Trinajstić information content (AvgIpc) is 2.61. The molecule has 1 saturated heterocycles. The van der Waals surface area contributed by atoms with E-state index in [0.29, 0.717) is 13.0 Å². The Kier molecular flexibility index (Phi) is 7.02. The first-order valence-electron chi connectivity index (χ1n) is 8.84. The van der Waals surface area contributed by atoms with Crippen LogP contribution < -0.4 is 5.32 Å². The zero-order valence-electron chi connectivity index (χ0n) is 14.8. The van der Waals surface area contributed by atoms with E-state index in [1.54, 1.807) is 6.92 Å². The molecular formula is C17H29N3O4. The average molecular weight is 339 g/mol.